The van der Waals surface area contributed by atoms with Crippen molar-refractivity contribution in [1.29, 1.82) is 0 Å². The number of hydrogen-bond acceptors (Lipinski definition) is 6. The summed E-state index contributed by atoms with van der Waals surface area (Å²) in [7, 11) is 3.06. The highest BCUT2D eigenvalue weighted by molar-refractivity contribution is 7.21. The first-order valence-corrected chi connectivity index (χ1v) is 8.06. The van der Waals surface area contributed by atoms with Crippen LogP contribution in [0.25, 0.3) is 31.8 Å². The highest BCUT2D eigenvalue weighted by Gasteiger charge is 2.17. The van der Waals surface area contributed by atoms with Gasteiger partial charge in [-0.1, -0.05) is 12.1 Å². The van der Waals surface area contributed by atoms with Gasteiger partial charge in [-0.25, -0.2) is 4.98 Å². The lowest BCUT2D eigenvalue weighted by atomic mass is 10.1. The first kappa shape index (κ1) is 14.7. The molecule has 5 nitrogen and oxygen atoms in total. The van der Waals surface area contributed by atoms with Crippen LogP contribution in [0.1, 0.15) is 0 Å². The summed E-state index contributed by atoms with van der Waals surface area (Å²) in [6, 6.07) is 11.1. The Balaban J connectivity index is 2.00. The molecule has 0 atom stereocenters. The summed E-state index contributed by atoms with van der Waals surface area (Å²) in [4.78, 5) is 17.5. The average Bonchev–Trinajstić information content (AvgIpc) is 3.04. The molecule has 24 heavy (non-hydrogen) atoms. The van der Waals surface area contributed by atoms with Crippen molar-refractivity contribution in [2.45, 2.75) is 0 Å². The van der Waals surface area contributed by atoms with Crippen molar-refractivity contribution in [3.05, 3.63) is 52.9 Å². The molecule has 4 aromatic rings. The van der Waals surface area contributed by atoms with Gasteiger partial charge < -0.3 is 13.9 Å². The zero-order valence-electron chi connectivity index (χ0n) is 13.0. The van der Waals surface area contributed by atoms with E-state index in [4.69, 9.17) is 13.9 Å². The van der Waals surface area contributed by atoms with E-state index >= 15 is 0 Å². The standard InChI is InChI=1S/C18H13NO4S/c1-21-10-7-13(22-2)16-14(8-10)23-9-11(17(16)20)18-19-12-5-3-4-6-15(12)24-18/h3-9H,1-2H3. The fraction of sp³-hybridized carbons (Fsp3) is 0.111. The summed E-state index contributed by atoms with van der Waals surface area (Å²) in [5.41, 5.74) is 1.53. The van der Waals surface area contributed by atoms with Crippen molar-refractivity contribution in [3.63, 3.8) is 0 Å². The van der Waals surface area contributed by atoms with E-state index in [2.05, 4.69) is 4.98 Å². The van der Waals surface area contributed by atoms with Gasteiger partial charge in [0.15, 0.2) is 0 Å². The van der Waals surface area contributed by atoms with Gasteiger partial charge in [-0.05, 0) is 12.1 Å². The highest BCUT2D eigenvalue weighted by Crippen LogP contribution is 2.33. The SMILES string of the molecule is COc1cc(OC)c2c(=O)c(-c3nc4ccccc4s3)coc2c1. The van der Waals surface area contributed by atoms with Crippen LogP contribution in [0.4, 0.5) is 0 Å². The zero-order valence-corrected chi connectivity index (χ0v) is 13.8. The maximum Gasteiger partial charge on any atom is 0.206 e. The third kappa shape index (κ3) is 2.23. The number of fused-ring (bicyclic) bond motifs is 2. The van der Waals surface area contributed by atoms with Crippen molar-refractivity contribution in [3.8, 4) is 22.1 Å². The summed E-state index contributed by atoms with van der Waals surface area (Å²) < 4.78 is 17.2. The first-order valence-electron chi connectivity index (χ1n) is 7.24. The molecular formula is C18H13NO4S. The lowest BCUT2D eigenvalue weighted by Crippen LogP contribution is -2.06. The minimum Gasteiger partial charge on any atom is -0.496 e. The molecule has 120 valence electrons. The molecule has 2 aromatic heterocycles. The smallest absolute Gasteiger partial charge is 0.206 e. The number of para-hydroxylation sites is 1. The van der Waals surface area contributed by atoms with Crippen LogP contribution in [-0.4, -0.2) is 19.2 Å². The van der Waals surface area contributed by atoms with Gasteiger partial charge in [-0.15, -0.1) is 11.3 Å². The Morgan fingerprint density at radius 3 is 2.71 bits per heavy atom. The number of ether oxygens (including phenoxy) is 2. The monoisotopic (exact) mass is 339 g/mol. The van der Waals surface area contributed by atoms with Crippen LogP contribution < -0.4 is 14.9 Å². The van der Waals surface area contributed by atoms with Gasteiger partial charge in [0, 0.05) is 12.1 Å². The molecule has 0 unspecified atom stereocenters. The predicted octanol–water partition coefficient (Wildman–Crippen LogP) is 4.09. The van der Waals surface area contributed by atoms with Gasteiger partial charge >= 0.3 is 0 Å². The van der Waals surface area contributed by atoms with Crippen LogP contribution in [0.2, 0.25) is 0 Å². The van der Waals surface area contributed by atoms with Gasteiger partial charge in [-0.2, -0.15) is 0 Å². The minimum absolute atomic E-state index is 0.171. The van der Waals surface area contributed by atoms with Gasteiger partial charge in [0.25, 0.3) is 0 Å². The molecule has 0 fully saturated rings. The van der Waals surface area contributed by atoms with Crippen molar-refractivity contribution in [1.82, 2.24) is 4.98 Å². The second kappa shape index (κ2) is 5.65. The Morgan fingerprint density at radius 1 is 1.12 bits per heavy atom. The van der Waals surface area contributed by atoms with Crippen molar-refractivity contribution >= 4 is 32.5 Å². The molecule has 0 radical (unpaired) electrons. The van der Waals surface area contributed by atoms with E-state index in [0.717, 1.165) is 10.2 Å². The van der Waals surface area contributed by atoms with E-state index in [9.17, 15) is 4.79 Å². The maximum atomic E-state index is 13.0. The summed E-state index contributed by atoms with van der Waals surface area (Å²) in [5, 5.41) is 1.01. The number of nitrogens with zero attached hydrogens (tertiary/aromatic N) is 1. The minimum atomic E-state index is -0.171. The Labute approximate surface area is 141 Å². The molecule has 2 heterocycles. The van der Waals surface area contributed by atoms with Crippen molar-refractivity contribution in [2.75, 3.05) is 14.2 Å². The van der Waals surface area contributed by atoms with Gasteiger partial charge in [0.05, 0.1) is 30.0 Å². The van der Waals surface area contributed by atoms with Crippen LogP contribution in [0.5, 0.6) is 11.5 Å². The van der Waals surface area contributed by atoms with Crippen molar-refractivity contribution in [2.24, 2.45) is 0 Å². The summed E-state index contributed by atoms with van der Waals surface area (Å²) in [6.07, 6.45) is 1.45. The highest BCUT2D eigenvalue weighted by atomic mass is 32.1. The van der Waals surface area contributed by atoms with E-state index < -0.39 is 0 Å². The largest absolute Gasteiger partial charge is 0.496 e. The lowest BCUT2D eigenvalue weighted by Gasteiger charge is -2.08. The molecule has 0 bridgehead atoms. The summed E-state index contributed by atoms with van der Waals surface area (Å²) in [5.74, 6) is 0.983. The molecule has 0 spiro atoms. The third-order valence-corrected chi connectivity index (χ3v) is 4.86. The van der Waals surface area contributed by atoms with E-state index in [0.29, 0.717) is 33.0 Å². The molecular weight excluding hydrogens is 326 g/mol. The molecule has 4 rings (SSSR count). The Bertz CT molecular complexity index is 1080. The number of hydrogen-bond donors (Lipinski definition) is 0. The molecule has 0 saturated carbocycles. The van der Waals surface area contributed by atoms with E-state index in [-0.39, 0.29) is 5.43 Å². The molecule has 6 heteroatoms. The zero-order chi connectivity index (χ0) is 16.7. The number of thiazole rings is 1. The quantitative estimate of drug-likeness (QED) is 0.563. The van der Waals surface area contributed by atoms with E-state index in [1.165, 1.54) is 24.7 Å². The number of methoxy groups -OCH3 is 2. The van der Waals surface area contributed by atoms with Crippen LogP contribution in [0, 0.1) is 0 Å². The lowest BCUT2D eigenvalue weighted by molar-refractivity contribution is 0.396. The predicted molar refractivity (Wildman–Crippen MR) is 94.2 cm³/mol. The fourth-order valence-electron chi connectivity index (χ4n) is 2.61. The molecule has 0 saturated heterocycles. The third-order valence-electron chi connectivity index (χ3n) is 3.79. The second-order valence-electron chi connectivity index (χ2n) is 5.17. The normalized spacial score (nSPS) is 11.1. The first-order chi connectivity index (χ1) is 11.7. The Kier molecular flexibility index (Phi) is 3.46. The van der Waals surface area contributed by atoms with Crippen LogP contribution in [0.15, 0.2) is 51.9 Å². The molecule has 0 N–H and O–H groups in total. The van der Waals surface area contributed by atoms with Crippen molar-refractivity contribution < 1.29 is 13.9 Å². The van der Waals surface area contributed by atoms with Gasteiger partial charge in [0.2, 0.25) is 5.43 Å². The molecule has 0 aliphatic heterocycles. The molecule has 0 aliphatic rings. The summed E-state index contributed by atoms with van der Waals surface area (Å²) >= 11 is 1.46. The van der Waals surface area contributed by atoms with E-state index in [1.807, 2.05) is 24.3 Å². The number of aromatic nitrogens is 1. The Morgan fingerprint density at radius 2 is 1.96 bits per heavy atom. The van der Waals surface area contributed by atoms with Gasteiger partial charge in [0.1, 0.15) is 33.7 Å². The molecule has 0 aliphatic carbocycles. The Hall–Kier alpha value is -2.86. The number of rotatable bonds is 3. The van der Waals surface area contributed by atoms with Crippen LogP contribution >= 0.6 is 11.3 Å². The maximum absolute atomic E-state index is 13.0. The second-order valence-corrected chi connectivity index (χ2v) is 6.20. The fourth-order valence-corrected chi connectivity index (χ4v) is 3.57. The molecule has 0 amide bonds. The topological polar surface area (TPSA) is 61.6 Å². The summed E-state index contributed by atoms with van der Waals surface area (Å²) in [6.45, 7) is 0. The average molecular weight is 339 g/mol. The van der Waals surface area contributed by atoms with Crippen LogP contribution in [-0.2, 0) is 0 Å². The van der Waals surface area contributed by atoms with Crippen LogP contribution in [0.3, 0.4) is 0 Å². The number of benzene rings is 2. The van der Waals surface area contributed by atoms with Gasteiger partial charge in [-0.3, -0.25) is 4.79 Å². The molecule has 2 aromatic carbocycles. The van der Waals surface area contributed by atoms with E-state index in [1.54, 1.807) is 19.2 Å².